The highest BCUT2D eigenvalue weighted by Crippen LogP contribution is 2.49. The van der Waals surface area contributed by atoms with E-state index in [-0.39, 0.29) is 5.41 Å². The summed E-state index contributed by atoms with van der Waals surface area (Å²) in [6.45, 7) is 7.03. The second kappa shape index (κ2) is 9.12. The highest BCUT2D eigenvalue weighted by atomic mass is 15.2. The minimum atomic E-state index is -0.00216. The van der Waals surface area contributed by atoms with Crippen molar-refractivity contribution in [2.24, 2.45) is 5.92 Å². The molecule has 1 atom stereocenters. The Bertz CT molecular complexity index is 1460. The third-order valence-corrected chi connectivity index (χ3v) is 8.11. The number of para-hydroxylation sites is 2. The number of anilines is 3. The first-order valence-electron chi connectivity index (χ1n) is 13.3. The topological polar surface area (TPSA) is 6.48 Å². The molecule has 184 valence electrons. The Morgan fingerprint density at radius 3 is 1.95 bits per heavy atom. The first-order valence-corrected chi connectivity index (χ1v) is 13.3. The van der Waals surface area contributed by atoms with Gasteiger partial charge >= 0.3 is 0 Å². The summed E-state index contributed by atoms with van der Waals surface area (Å²) >= 11 is 0. The fourth-order valence-electron chi connectivity index (χ4n) is 6.01. The first kappa shape index (κ1) is 23.4. The van der Waals surface area contributed by atoms with Crippen LogP contribution in [-0.4, -0.2) is 7.05 Å². The predicted octanol–water partition coefficient (Wildman–Crippen LogP) is 9.08. The molecule has 0 heterocycles. The molecule has 0 spiro atoms. The van der Waals surface area contributed by atoms with E-state index in [0.717, 1.165) is 6.42 Å². The van der Waals surface area contributed by atoms with Gasteiger partial charge in [0, 0.05) is 40.9 Å². The average molecular weight is 483 g/mol. The fraction of sp³-hybridized carbons (Fsp3) is 0.200. The van der Waals surface area contributed by atoms with Gasteiger partial charge in [-0.05, 0) is 77.1 Å². The van der Waals surface area contributed by atoms with Gasteiger partial charge in [0.05, 0.1) is 0 Å². The summed E-state index contributed by atoms with van der Waals surface area (Å²) in [7, 11) is 2.22. The number of hydrogen-bond acceptors (Lipinski definition) is 2. The van der Waals surface area contributed by atoms with E-state index < -0.39 is 0 Å². The van der Waals surface area contributed by atoms with E-state index >= 15 is 0 Å². The van der Waals surface area contributed by atoms with Crippen molar-refractivity contribution in [2.45, 2.75) is 32.6 Å². The summed E-state index contributed by atoms with van der Waals surface area (Å²) in [5.41, 5.74) is 11.7. The third kappa shape index (κ3) is 3.97. The van der Waals surface area contributed by atoms with Crippen LogP contribution in [0.15, 0.2) is 127 Å². The lowest BCUT2D eigenvalue weighted by Crippen LogP contribution is -2.27. The number of nitrogens with zero attached hydrogens (tertiary/aromatic N) is 2. The van der Waals surface area contributed by atoms with Gasteiger partial charge in [-0.15, -0.1) is 0 Å². The van der Waals surface area contributed by atoms with Crippen LogP contribution >= 0.6 is 0 Å². The molecule has 0 radical (unpaired) electrons. The molecule has 0 N–H and O–H groups in total. The summed E-state index contributed by atoms with van der Waals surface area (Å²) in [6.07, 6.45) is 5.76. The molecule has 2 aliphatic carbocycles. The molecule has 2 nitrogen and oxygen atoms in total. The molecule has 1 unspecified atom stereocenters. The molecule has 0 amide bonds. The van der Waals surface area contributed by atoms with Crippen LogP contribution in [0.5, 0.6) is 0 Å². The smallest absolute Gasteiger partial charge is 0.0461 e. The maximum absolute atomic E-state index is 2.41. The molecular weight excluding hydrogens is 448 g/mol. The minimum Gasteiger partial charge on any atom is -0.348 e. The van der Waals surface area contributed by atoms with Gasteiger partial charge in [0.15, 0.2) is 0 Å². The van der Waals surface area contributed by atoms with Gasteiger partial charge in [-0.3, -0.25) is 0 Å². The van der Waals surface area contributed by atoms with Crippen LogP contribution in [0.25, 0.3) is 11.1 Å². The highest BCUT2D eigenvalue weighted by Gasteiger charge is 2.35. The van der Waals surface area contributed by atoms with Crippen molar-refractivity contribution in [3.63, 3.8) is 0 Å². The van der Waals surface area contributed by atoms with Crippen LogP contribution in [0.1, 0.15) is 38.3 Å². The van der Waals surface area contributed by atoms with Gasteiger partial charge in [-0.2, -0.15) is 0 Å². The van der Waals surface area contributed by atoms with Crippen LogP contribution in [-0.2, 0) is 5.41 Å². The van der Waals surface area contributed by atoms with Crippen molar-refractivity contribution in [1.29, 1.82) is 0 Å². The molecule has 4 aromatic carbocycles. The quantitative estimate of drug-likeness (QED) is 0.280. The molecule has 2 heteroatoms. The second-order valence-electron chi connectivity index (χ2n) is 10.8. The van der Waals surface area contributed by atoms with E-state index in [2.05, 4.69) is 153 Å². The van der Waals surface area contributed by atoms with E-state index in [9.17, 15) is 0 Å². The Hall–Kier alpha value is -4.04. The molecule has 0 aromatic heterocycles. The van der Waals surface area contributed by atoms with Crippen molar-refractivity contribution >= 4 is 17.1 Å². The number of rotatable bonds is 5. The summed E-state index contributed by atoms with van der Waals surface area (Å²) in [5.74, 6) is 0.431. The molecule has 0 fully saturated rings. The van der Waals surface area contributed by atoms with Gasteiger partial charge in [0.1, 0.15) is 0 Å². The SMILES string of the molecule is CC1CC=C(N(c2ccccc2)c2ccccc2)C=C1N(C)c1ccc2c(c1)C(C)(C)c1ccccc1-2. The molecule has 0 saturated heterocycles. The van der Waals surface area contributed by atoms with Gasteiger partial charge in [0.2, 0.25) is 0 Å². The maximum atomic E-state index is 2.41. The van der Waals surface area contributed by atoms with E-state index in [1.54, 1.807) is 0 Å². The lowest BCUT2D eigenvalue weighted by atomic mass is 9.82. The first-order chi connectivity index (χ1) is 17.9. The Morgan fingerprint density at radius 2 is 1.27 bits per heavy atom. The lowest BCUT2D eigenvalue weighted by Gasteiger charge is -2.34. The largest absolute Gasteiger partial charge is 0.348 e. The fourth-order valence-corrected chi connectivity index (χ4v) is 6.01. The minimum absolute atomic E-state index is 0.00216. The van der Waals surface area contributed by atoms with Crippen LogP contribution in [0.2, 0.25) is 0 Å². The zero-order valence-electron chi connectivity index (χ0n) is 22.1. The summed E-state index contributed by atoms with van der Waals surface area (Å²) in [4.78, 5) is 4.76. The number of allylic oxidation sites excluding steroid dienone is 3. The number of hydrogen-bond donors (Lipinski definition) is 0. The molecule has 37 heavy (non-hydrogen) atoms. The molecule has 0 saturated carbocycles. The zero-order chi connectivity index (χ0) is 25.6. The third-order valence-electron chi connectivity index (χ3n) is 8.11. The van der Waals surface area contributed by atoms with E-state index in [1.807, 2.05) is 0 Å². The van der Waals surface area contributed by atoms with E-state index in [4.69, 9.17) is 0 Å². The molecule has 6 rings (SSSR count). The highest BCUT2D eigenvalue weighted by molar-refractivity contribution is 5.82. The van der Waals surface area contributed by atoms with Crippen LogP contribution in [0.3, 0.4) is 0 Å². The van der Waals surface area contributed by atoms with Crippen molar-refractivity contribution in [3.05, 3.63) is 138 Å². The van der Waals surface area contributed by atoms with Gasteiger partial charge in [0.25, 0.3) is 0 Å². The van der Waals surface area contributed by atoms with Crippen LogP contribution < -0.4 is 9.80 Å². The standard InChI is InChI=1S/C35H34N2/c1-25-19-20-29(37(26-13-7-5-8-14-26)27-15-9-6-10-16-27)24-34(25)36(4)28-21-22-31-30-17-11-12-18-32(30)35(2,3)33(31)23-28/h5-18,20-25H,19H2,1-4H3. The summed E-state index contributed by atoms with van der Waals surface area (Å²) in [5, 5.41) is 0. The van der Waals surface area contributed by atoms with Gasteiger partial charge in [-0.25, -0.2) is 0 Å². The summed E-state index contributed by atoms with van der Waals surface area (Å²) in [6, 6.07) is 37.2. The predicted molar refractivity (Wildman–Crippen MR) is 157 cm³/mol. The molecule has 4 aromatic rings. The average Bonchev–Trinajstić information content (AvgIpc) is 3.17. The second-order valence-corrected chi connectivity index (χ2v) is 10.8. The van der Waals surface area contributed by atoms with Crippen molar-refractivity contribution in [3.8, 4) is 11.1 Å². The van der Waals surface area contributed by atoms with Crippen LogP contribution in [0.4, 0.5) is 17.1 Å². The number of fused-ring (bicyclic) bond motifs is 3. The number of benzene rings is 4. The van der Waals surface area contributed by atoms with Gasteiger partial charge in [-0.1, -0.05) is 93.6 Å². The van der Waals surface area contributed by atoms with Crippen molar-refractivity contribution in [2.75, 3.05) is 16.8 Å². The lowest BCUT2D eigenvalue weighted by molar-refractivity contribution is 0.651. The van der Waals surface area contributed by atoms with E-state index in [1.165, 1.54) is 50.7 Å². The Kier molecular flexibility index (Phi) is 5.76. The van der Waals surface area contributed by atoms with Crippen molar-refractivity contribution < 1.29 is 0 Å². The molecule has 0 bridgehead atoms. The Balaban J connectivity index is 1.39. The van der Waals surface area contributed by atoms with Crippen LogP contribution in [0, 0.1) is 5.92 Å². The van der Waals surface area contributed by atoms with Crippen molar-refractivity contribution in [1.82, 2.24) is 0 Å². The molecule has 2 aliphatic rings. The summed E-state index contributed by atoms with van der Waals surface area (Å²) < 4.78 is 0. The molecule has 0 aliphatic heterocycles. The normalized spacial score (nSPS) is 17.4. The molecular formula is C35H34N2. The Labute approximate surface area is 221 Å². The zero-order valence-corrected chi connectivity index (χ0v) is 22.1. The monoisotopic (exact) mass is 482 g/mol. The van der Waals surface area contributed by atoms with Gasteiger partial charge < -0.3 is 9.80 Å². The van der Waals surface area contributed by atoms with E-state index in [0.29, 0.717) is 5.92 Å². The Morgan fingerprint density at radius 1 is 0.676 bits per heavy atom. The maximum Gasteiger partial charge on any atom is 0.0461 e.